The Labute approximate surface area is 127 Å². The summed E-state index contributed by atoms with van der Waals surface area (Å²) in [7, 11) is 1.59. The lowest BCUT2D eigenvalue weighted by atomic mass is 10.2. The van der Waals surface area contributed by atoms with Crippen molar-refractivity contribution in [3.8, 4) is 0 Å². The first-order valence-corrected chi connectivity index (χ1v) is 6.88. The molecule has 7 nitrogen and oxygen atoms in total. The molecule has 1 aromatic carbocycles. The highest BCUT2D eigenvalue weighted by atomic mass is 16.5. The molecule has 1 atom stereocenters. The predicted octanol–water partition coefficient (Wildman–Crippen LogP) is 1.16. The van der Waals surface area contributed by atoms with E-state index in [9.17, 15) is 5.11 Å². The van der Waals surface area contributed by atoms with Gasteiger partial charge in [-0.2, -0.15) is 0 Å². The van der Waals surface area contributed by atoms with E-state index in [1.165, 1.54) is 0 Å². The second kappa shape index (κ2) is 6.08. The van der Waals surface area contributed by atoms with E-state index in [1.807, 2.05) is 31.2 Å². The van der Waals surface area contributed by atoms with Gasteiger partial charge in [0.1, 0.15) is 0 Å². The summed E-state index contributed by atoms with van der Waals surface area (Å²) in [6, 6.07) is 7.79. The van der Waals surface area contributed by atoms with Crippen molar-refractivity contribution < 1.29 is 9.84 Å². The van der Waals surface area contributed by atoms with E-state index in [2.05, 4.69) is 25.6 Å². The Morgan fingerprint density at radius 3 is 2.95 bits per heavy atom. The molecule has 0 bridgehead atoms. The highest BCUT2D eigenvalue weighted by Crippen LogP contribution is 2.16. The van der Waals surface area contributed by atoms with Gasteiger partial charge in [-0.1, -0.05) is 18.2 Å². The number of nitrogens with zero attached hydrogens (tertiary/aromatic N) is 3. The molecule has 0 radical (unpaired) electrons. The van der Waals surface area contributed by atoms with Crippen LogP contribution in [0.5, 0.6) is 0 Å². The Morgan fingerprint density at radius 2 is 2.14 bits per heavy atom. The van der Waals surface area contributed by atoms with Crippen LogP contribution in [0.3, 0.4) is 0 Å². The van der Waals surface area contributed by atoms with Gasteiger partial charge in [-0.15, -0.1) is 0 Å². The van der Waals surface area contributed by atoms with Crippen molar-refractivity contribution in [1.82, 2.24) is 15.3 Å². The number of benzene rings is 1. The largest absolute Gasteiger partial charge is 0.378 e. The molecule has 1 aromatic heterocycles. The summed E-state index contributed by atoms with van der Waals surface area (Å²) in [4.78, 5) is 12.9. The number of aliphatic hydroxyl groups is 1. The topological polar surface area (TPSA) is 91.7 Å². The van der Waals surface area contributed by atoms with Gasteiger partial charge in [0.15, 0.2) is 6.23 Å². The number of aliphatic imine (C=N–C) groups is 1. The molecule has 2 aromatic rings. The monoisotopic (exact) mass is 299 g/mol. The molecule has 1 aliphatic rings. The van der Waals surface area contributed by atoms with Gasteiger partial charge in [-0.25, -0.2) is 15.0 Å². The van der Waals surface area contributed by atoms with Gasteiger partial charge in [0.05, 0.1) is 17.8 Å². The molecule has 0 amide bonds. The fourth-order valence-electron chi connectivity index (χ4n) is 2.28. The summed E-state index contributed by atoms with van der Waals surface area (Å²) in [5, 5.41) is 16.8. The van der Waals surface area contributed by atoms with Gasteiger partial charge in [-0.05, 0) is 19.1 Å². The molecular weight excluding hydrogens is 282 g/mol. The zero-order chi connectivity index (χ0) is 15.5. The van der Waals surface area contributed by atoms with Crippen molar-refractivity contribution in [3.05, 3.63) is 41.7 Å². The molecule has 3 N–H and O–H groups in total. The van der Waals surface area contributed by atoms with Crippen molar-refractivity contribution >= 4 is 22.8 Å². The first kappa shape index (κ1) is 14.4. The fraction of sp³-hybridized carbons (Fsp3) is 0.267. The second-order valence-corrected chi connectivity index (χ2v) is 4.92. The highest BCUT2D eigenvalue weighted by molar-refractivity contribution is 5.95. The third kappa shape index (κ3) is 3.05. The van der Waals surface area contributed by atoms with E-state index in [1.54, 1.807) is 13.2 Å². The van der Waals surface area contributed by atoms with Crippen LogP contribution in [0.25, 0.3) is 10.9 Å². The number of rotatable bonds is 3. The third-order valence-corrected chi connectivity index (χ3v) is 3.21. The molecule has 0 aliphatic carbocycles. The van der Waals surface area contributed by atoms with Crippen LogP contribution in [0.4, 0.5) is 5.95 Å². The van der Waals surface area contributed by atoms with Crippen LogP contribution in [0, 0.1) is 6.92 Å². The van der Waals surface area contributed by atoms with Crippen LogP contribution in [0.2, 0.25) is 0 Å². The van der Waals surface area contributed by atoms with Crippen LogP contribution in [0.15, 0.2) is 41.0 Å². The van der Waals surface area contributed by atoms with Crippen LogP contribution in [-0.4, -0.2) is 41.0 Å². The second-order valence-electron chi connectivity index (χ2n) is 4.92. The summed E-state index contributed by atoms with van der Waals surface area (Å²) in [5.41, 5.74) is 2.45. The average molecular weight is 299 g/mol. The number of nitrogens with one attached hydrogen (secondary N) is 2. The Balaban J connectivity index is 1.84. The van der Waals surface area contributed by atoms with Gasteiger partial charge >= 0.3 is 0 Å². The lowest BCUT2D eigenvalue weighted by molar-refractivity contribution is 0.207. The van der Waals surface area contributed by atoms with E-state index in [0.717, 1.165) is 22.3 Å². The van der Waals surface area contributed by atoms with Crippen molar-refractivity contribution in [3.63, 3.8) is 0 Å². The summed E-state index contributed by atoms with van der Waals surface area (Å²) in [5.74, 6) is 0.810. The highest BCUT2D eigenvalue weighted by Gasteiger charge is 2.14. The summed E-state index contributed by atoms with van der Waals surface area (Å²) in [6.45, 7) is 2.28. The minimum absolute atomic E-state index is 0.357. The molecular formula is C15H17N5O2. The number of hydrogen-bond acceptors (Lipinski definition) is 7. The van der Waals surface area contributed by atoms with Crippen LogP contribution in [0.1, 0.15) is 5.69 Å². The molecule has 7 heteroatoms. The molecule has 0 fully saturated rings. The number of hydrogen-bond donors (Lipinski definition) is 3. The number of anilines is 1. The van der Waals surface area contributed by atoms with Crippen LogP contribution >= 0.6 is 0 Å². The number of methoxy groups -OCH3 is 1. The van der Waals surface area contributed by atoms with E-state index >= 15 is 0 Å². The molecule has 22 heavy (non-hydrogen) atoms. The number of ether oxygens (including phenoxy) is 1. The van der Waals surface area contributed by atoms with Gasteiger partial charge in [0.2, 0.25) is 11.9 Å². The zero-order valence-corrected chi connectivity index (χ0v) is 12.4. The maximum absolute atomic E-state index is 9.74. The van der Waals surface area contributed by atoms with Gasteiger partial charge in [-0.3, -0.25) is 5.32 Å². The van der Waals surface area contributed by atoms with Crippen molar-refractivity contribution in [2.75, 3.05) is 19.0 Å². The fourth-order valence-corrected chi connectivity index (χ4v) is 2.28. The van der Waals surface area contributed by atoms with Crippen molar-refractivity contribution in [2.45, 2.75) is 13.2 Å². The SMILES string of the molecule is COCC1=C[C@@H](O)N=C(Nc2nc(C)c3ccccc3n2)N1. The Kier molecular flexibility index (Phi) is 3.99. The molecule has 114 valence electrons. The number of aliphatic hydroxyl groups excluding tert-OH is 1. The summed E-state index contributed by atoms with van der Waals surface area (Å²) in [6.07, 6.45) is 0.664. The number of guanidine groups is 1. The third-order valence-electron chi connectivity index (χ3n) is 3.21. The molecule has 0 spiro atoms. The number of aryl methyl sites for hydroxylation is 1. The predicted molar refractivity (Wildman–Crippen MR) is 84.4 cm³/mol. The maximum Gasteiger partial charge on any atom is 0.230 e. The molecule has 0 saturated heterocycles. The molecule has 0 unspecified atom stereocenters. The lowest BCUT2D eigenvalue weighted by Gasteiger charge is -2.19. The first-order valence-electron chi connectivity index (χ1n) is 6.88. The van der Waals surface area contributed by atoms with Crippen LogP contribution < -0.4 is 10.6 Å². The minimum atomic E-state index is -0.921. The number of aromatic nitrogens is 2. The Bertz CT molecular complexity index is 757. The summed E-state index contributed by atoms with van der Waals surface area (Å²) < 4.78 is 5.05. The Morgan fingerprint density at radius 1 is 1.32 bits per heavy atom. The Hall–Kier alpha value is -2.51. The quantitative estimate of drug-likeness (QED) is 0.787. The molecule has 3 rings (SSSR count). The van der Waals surface area contributed by atoms with Gasteiger partial charge in [0.25, 0.3) is 0 Å². The van der Waals surface area contributed by atoms with E-state index in [0.29, 0.717) is 18.5 Å². The average Bonchev–Trinajstić information content (AvgIpc) is 2.47. The molecule has 0 saturated carbocycles. The van der Waals surface area contributed by atoms with Crippen molar-refractivity contribution in [1.29, 1.82) is 0 Å². The normalized spacial score (nSPS) is 17.7. The van der Waals surface area contributed by atoms with E-state index in [4.69, 9.17) is 4.74 Å². The number of para-hydroxylation sites is 1. The van der Waals surface area contributed by atoms with E-state index < -0.39 is 6.23 Å². The van der Waals surface area contributed by atoms with Gasteiger partial charge in [0, 0.05) is 18.2 Å². The minimum Gasteiger partial charge on any atom is -0.378 e. The maximum atomic E-state index is 9.74. The zero-order valence-electron chi connectivity index (χ0n) is 12.4. The summed E-state index contributed by atoms with van der Waals surface area (Å²) >= 11 is 0. The van der Waals surface area contributed by atoms with E-state index in [-0.39, 0.29) is 0 Å². The molecule has 2 heterocycles. The standard InChI is InChI=1S/C15H17N5O2/c1-9-11-5-3-4-6-12(11)18-14(16-9)20-15-17-10(8-22-2)7-13(21)19-15/h3-7,13,21H,8H2,1-2H3,(H2,16,17,18,19,20)/t13-/m1/s1. The van der Waals surface area contributed by atoms with Gasteiger partial charge < -0.3 is 15.2 Å². The van der Waals surface area contributed by atoms with Crippen molar-refractivity contribution in [2.24, 2.45) is 4.99 Å². The first-order chi connectivity index (χ1) is 10.7. The smallest absolute Gasteiger partial charge is 0.230 e. The van der Waals surface area contributed by atoms with Crippen LogP contribution in [-0.2, 0) is 4.74 Å². The number of fused-ring (bicyclic) bond motifs is 1. The lowest BCUT2D eigenvalue weighted by Crippen LogP contribution is -2.37. The molecule has 1 aliphatic heterocycles.